The quantitative estimate of drug-likeness (QED) is 0.872. The predicted octanol–water partition coefficient (Wildman–Crippen LogP) is 2.40. The van der Waals surface area contributed by atoms with Crippen LogP contribution >= 0.6 is 0 Å². The summed E-state index contributed by atoms with van der Waals surface area (Å²) in [5, 5.41) is 0. The van der Waals surface area contributed by atoms with Crippen LogP contribution in [0.15, 0.2) is 6.07 Å². The monoisotopic (exact) mass is 236 g/mol. The van der Waals surface area contributed by atoms with Crippen molar-refractivity contribution in [2.45, 2.75) is 33.7 Å². The van der Waals surface area contributed by atoms with Crippen molar-refractivity contribution in [1.29, 1.82) is 0 Å². The van der Waals surface area contributed by atoms with Gasteiger partial charge in [0, 0.05) is 25.3 Å². The number of aryl methyl sites for hydroxylation is 1. The topological polar surface area (TPSA) is 38.5 Å². The number of ether oxygens (including phenoxy) is 1. The summed E-state index contributed by atoms with van der Waals surface area (Å²) in [6, 6.07) is 2.51. The van der Waals surface area contributed by atoms with E-state index in [0.717, 1.165) is 5.75 Å². The van der Waals surface area contributed by atoms with Gasteiger partial charge in [-0.3, -0.25) is 0 Å². The zero-order valence-electron chi connectivity index (χ0n) is 11.8. The summed E-state index contributed by atoms with van der Waals surface area (Å²) in [4.78, 5) is 2.23. The molecule has 1 rings (SSSR count). The van der Waals surface area contributed by atoms with Gasteiger partial charge in [-0.25, -0.2) is 0 Å². The van der Waals surface area contributed by atoms with Crippen LogP contribution in [0.25, 0.3) is 0 Å². The second-order valence-electron chi connectivity index (χ2n) is 4.69. The molecule has 0 amide bonds. The van der Waals surface area contributed by atoms with Gasteiger partial charge in [0.25, 0.3) is 0 Å². The van der Waals surface area contributed by atoms with Gasteiger partial charge < -0.3 is 15.4 Å². The van der Waals surface area contributed by atoms with Crippen LogP contribution in [-0.4, -0.2) is 26.7 Å². The van der Waals surface area contributed by atoms with Crippen LogP contribution in [0, 0.1) is 20.8 Å². The Kier molecular flexibility index (Phi) is 4.40. The Morgan fingerprint density at radius 2 is 1.88 bits per heavy atom. The van der Waals surface area contributed by atoms with E-state index in [4.69, 9.17) is 10.5 Å². The minimum absolute atomic E-state index is 0.334. The van der Waals surface area contributed by atoms with Crippen molar-refractivity contribution in [2.24, 2.45) is 5.73 Å². The second-order valence-corrected chi connectivity index (χ2v) is 4.69. The largest absolute Gasteiger partial charge is 0.496 e. The van der Waals surface area contributed by atoms with Crippen molar-refractivity contribution in [3.63, 3.8) is 0 Å². The van der Waals surface area contributed by atoms with Gasteiger partial charge in [-0.15, -0.1) is 0 Å². The summed E-state index contributed by atoms with van der Waals surface area (Å²) >= 11 is 0. The molecule has 1 atom stereocenters. The normalized spacial score (nSPS) is 12.4. The van der Waals surface area contributed by atoms with E-state index in [0.29, 0.717) is 12.6 Å². The van der Waals surface area contributed by atoms with Crippen molar-refractivity contribution in [1.82, 2.24) is 0 Å². The molecule has 17 heavy (non-hydrogen) atoms. The molecule has 0 spiro atoms. The van der Waals surface area contributed by atoms with Crippen LogP contribution in [0.2, 0.25) is 0 Å². The molecule has 0 aliphatic heterocycles. The maximum absolute atomic E-state index is 5.73. The standard InChI is InChI=1S/C14H24N2O/c1-9-7-13(16(5)10(2)8-15)11(3)12(4)14(9)17-6/h7,10H,8,15H2,1-6H3. The summed E-state index contributed by atoms with van der Waals surface area (Å²) < 4.78 is 5.43. The number of anilines is 1. The van der Waals surface area contributed by atoms with Gasteiger partial charge in [0.1, 0.15) is 5.75 Å². The Labute approximate surface area is 105 Å². The summed E-state index contributed by atoms with van der Waals surface area (Å²) in [6.45, 7) is 9.10. The van der Waals surface area contributed by atoms with Crippen molar-refractivity contribution < 1.29 is 4.74 Å². The molecule has 0 heterocycles. The highest BCUT2D eigenvalue weighted by Gasteiger charge is 2.16. The van der Waals surface area contributed by atoms with Crippen LogP contribution in [0.3, 0.4) is 0 Å². The van der Waals surface area contributed by atoms with Gasteiger partial charge >= 0.3 is 0 Å². The van der Waals surface area contributed by atoms with E-state index >= 15 is 0 Å². The number of hydrogen-bond acceptors (Lipinski definition) is 3. The Morgan fingerprint density at radius 1 is 1.29 bits per heavy atom. The lowest BCUT2D eigenvalue weighted by Gasteiger charge is -2.29. The maximum Gasteiger partial charge on any atom is 0.125 e. The lowest BCUT2D eigenvalue weighted by molar-refractivity contribution is 0.408. The highest BCUT2D eigenvalue weighted by atomic mass is 16.5. The van der Waals surface area contributed by atoms with Gasteiger partial charge in [0.15, 0.2) is 0 Å². The van der Waals surface area contributed by atoms with Crippen molar-refractivity contribution in [3.05, 3.63) is 22.8 Å². The third-order valence-electron chi connectivity index (χ3n) is 3.59. The first kappa shape index (κ1) is 13.8. The van der Waals surface area contributed by atoms with Gasteiger partial charge in [-0.1, -0.05) is 0 Å². The third-order valence-corrected chi connectivity index (χ3v) is 3.59. The molecular formula is C14H24N2O. The predicted molar refractivity (Wildman–Crippen MR) is 74.1 cm³/mol. The second kappa shape index (κ2) is 5.41. The van der Waals surface area contributed by atoms with E-state index in [1.807, 2.05) is 0 Å². The molecule has 0 saturated heterocycles. The molecule has 2 N–H and O–H groups in total. The van der Waals surface area contributed by atoms with Crippen LogP contribution < -0.4 is 15.4 Å². The average Bonchev–Trinajstić information content (AvgIpc) is 2.32. The number of nitrogens with two attached hydrogens (primary N) is 1. The van der Waals surface area contributed by atoms with E-state index in [1.54, 1.807) is 7.11 Å². The number of rotatable bonds is 4. The highest BCUT2D eigenvalue weighted by Crippen LogP contribution is 2.33. The summed E-state index contributed by atoms with van der Waals surface area (Å²) in [5.41, 5.74) is 10.6. The molecule has 1 aromatic rings. The summed E-state index contributed by atoms with van der Waals surface area (Å²) in [5.74, 6) is 0.986. The van der Waals surface area contributed by atoms with E-state index in [-0.39, 0.29) is 0 Å². The molecule has 1 unspecified atom stereocenters. The lowest BCUT2D eigenvalue weighted by Crippen LogP contribution is -2.35. The molecular weight excluding hydrogens is 212 g/mol. The van der Waals surface area contributed by atoms with E-state index in [2.05, 4.69) is 45.7 Å². The number of methoxy groups -OCH3 is 1. The maximum atomic E-state index is 5.73. The molecule has 0 fully saturated rings. The van der Waals surface area contributed by atoms with E-state index < -0.39 is 0 Å². The van der Waals surface area contributed by atoms with Crippen LogP contribution in [0.5, 0.6) is 5.75 Å². The highest BCUT2D eigenvalue weighted by molar-refractivity contribution is 5.63. The molecule has 1 aromatic carbocycles. The van der Waals surface area contributed by atoms with Gasteiger partial charge in [-0.05, 0) is 50.5 Å². The van der Waals surface area contributed by atoms with E-state index in [1.165, 1.54) is 22.4 Å². The Morgan fingerprint density at radius 3 is 2.35 bits per heavy atom. The molecule has 0 aliphatic carbocycles. The van der Waals surface area contributed by atoms with Crippen LogP contribution in [0.1, 0.15) is 23.6 Å². The van der Waals surface area contributed by atoms with Gasteiger partial charge in [0.05, 0.1) is 7.11 Å². The van der Waals surface area contributed by atoms with Gasteiger partial charge in [0.2, 0.25) is 0 Å². The number of benzene rings is 1. The zero-order chi connectivity index (χ0) is 13.2. The SMILES string of the molecule is COc1c(C)cc(N(C)C(C)CN)c(C)c1C. The Bertz CT molecular complexity index is 402. The molecule has 96 valence electrons. The first-order chi connectivity index (χ1) is 7.93. The fourth-order valence-electron chi connectivity index (χ4n) is 2.11. The zero-order valence-corrected chi connectivity index (χ0v) is 11.8. The minimum Gasteiger partial charge on any atom is -0.496 e. The van der Waals surface area contributed by atoms with Crippen molar-refractivity contribution in [3.8, 4) is 5.75 Å². The molecule has 3 heteroatoms. The molecule has 0 radical (unpaired) electrons. The first-order valence-corrected chi connectivity index (χ1v) is 6.01. The van der Waals surface area contributed by atoms with E-state index in [9.17, 15) is 0 Å². The minimum atomic E-state index is 0.334. The smallest absolute Gasteiger partial charge is 0.125 e. The summed E-state index contributed by atoms with van der Waals surface area (Å²) in [6.07, 6.45) is 0. The average molecular weight is 236 g/mol. The number of nitrogens with zero attached hydrogens (tertiary/aromatic N) is 1. The number of likely N-dealkylation sites (N-methyl/N-ethyl adjacent to an activating group) is 1. The molecule has 0 bridgehead atoms. The van der Waals surface area contributed by atoms with Gasteiger partial charge in [-0.2, -0.15) is 0 Å². The third kappa shape index (κ3) is 2.55. The summed E-state index contributed by atoms with van der Waals surface area (Å²) in [7, 11) is 3.81. The molecule has 3 nitrogen and oxygen atoms in total. The van der Waals surface area contributed by atoms with Crippen molar-refractivity contribution in [2.75, 3.05) is 25.6 Å². The lowest BCUT2D eigenvalue weighted by atomic mass is 10.0. The molecule has 0 aliphatic rings. The molecule has 0 aromatic heterocycles. The fraction of sp³-hybridized carbons (Fsp3) is 0.571. The Hall–Kier alpha value is -1.22. The molecule has 0 saturated carbocycles. The fourth-order valence-corrected chi connectivity index (χ4v) is 2.11. The van der Waals surface area contributed by atoms with Crippen LogP contribution in [0.4, 0.5) is 5.69 Å². The Balaban J connectivity index is 3.27. The van der Waals surface area contributed by atoms with Crippen molar-refractivity contribution >= 4 is 5.69 Å². The first-order valence-electron chi connectivity index (χ1n) is 6.01. The van der Waals surface area contributed by atoms with Crippen LogP contribution in [-0.2, 0) is 0 Å². The number of hydrogen-bond donors (Lipinski definition) is 1.